The average molecular weight is 508 g/mol. The number of hydrogen-bond donors (Lipinski definition) is 4. The molecule has 0 spiro atoms. The number of carbonyl (C=O) groups excluding carboxylic acids is 1. The number of aliphatic hydroxyl groups is 3. The van der Waals surface area contributed by atoms with Gasteiger partial charge in [-0.15, -0.1) is 0 Å². The van der Waals surface area contributed by atoms with Crippen LogP contribution in [0.5, 0.6) is 0 Å². The van der Waals surface area contributed by atoms with Crippen LogP contribution in [0.2, 0.25) is 0 Å². The molecule has 0 heterocycles. The lowest BCUT2D eigenvalue weighted by Gasteiger charge is -2.63. The number of nitrogens with one attached hydrogen (secondary N) is 1. The summed E-state index contributed by atoms with van der Waals surface area (Å²) in [4.78, 5) is 12.5. The molecule has 4 aliphatic carbocycles. The summed E-state index contributed by atoms with van der Waals surface area (Å²) in [7, 11) is 6.52. The number of hydrogen-bond acceptors (Lipinski definition) is 4. The minimum absolute atomic E-state index is 0.110. The Kier molecular flexibility index (Phi) is 8.23. The van der Waals surface area contributed by atoms with Gasteiger partial charge in [-0.1, -0.05) is 20.8 Å². The van der Waals surface area contributed by atoms with Crippen LogP contribution in [0, 0.1) is 46.3 Å². The monoisotopic (exact) mass is 507 g/mol. The van der Waals surface area contributed by atoms with Gasteiger partial charge in [0.1, 0.15) is 0 Å². The number of carbonyl (C=O) groups is 1. The second kappa shape index (κ2) is 10.5. The highest BCUT2D eigenvalue weighted by atomic mass is 16.3. The van der Waals surface area contributed by atoms with E-state index in [1.807, 2.05) is 0 Å². The molecule has 0 aromatic carbocycles. The van der Waals surface area contributed by atoms with Gasteiger partial charge < -0.3 is 25.1 Å². The fourth-order valence-corrected chi connectivity index (χ4v) is 9.56. The van der Waals surface area contributed by atoms with Crippen LogP contribution in [-0.4, -0.2) is 78.3 Å². The first-order chi connectivity index (χ1) is 16.8. The zero-order chi connectivity index (χ0) is 26.5. The van der Waals surface area contributed by atoms with Crippen molar-refractivity contribution in [1.29, 1.82) is 0 Å². The third-order valence-corrected chi connectivity index (χ3v) is 11.7. The van der Waals surface area contributed by atoms with Crippen LogP contribution < -0.4 is 5.32 Å². The van der Waals surface area contributed by atoms with E-state index < -0.39 is 0 Å². The molecule has 208 valence electrons. The predicted molar refractivity (Wildman–Crippen MR) is 143 cm³/mol. The van der Waals surface area contributed by atoms with Crippen molar-refractivity contribution in [2.45, 2.75) is 103 Å². The lowest BCUT2D eigenvalue weighted by atomic mass is 9.43. The molecule has 4 unspecified atom stereocenters. The van der Waals surface area contributed by atoms with Gasteiger partial charge in [-0.05, 0) is 97.7 Å². The zero-order valence-corrected chi connectivity index (χ0v) is 23.9. The van der Waals surface area contributed by atoms with Crippen molar-refractivity contribution in [2.24, 2.45) is 46.3 Å². The molecule has 6 nitrogen and oxygen atoms in total. The molecule has 1 amide bonds. The number of rotatable bonds is 8. The van der Waals surface area contributed by atoms with Crippen LogP contribution >= 0.6 is 0 Å². The molecule has 36 heavy (non-hydrogen) atoms. The highest BCUT2D eigenvalue weighted by molar-refractivity contribution is 5.75. The molecule has 4 saturated carbocycles. The van der Waals surface area contributed by atoms with Crippen molar-refractivity contribution in [2.75, 3.05) is 34.2 Å². The van der Waals surface area contributed by atoms with Crippen LogP contribution in [0.3, 0.4) is 0 Å². The van der Waals surface area contributed by atoms with Gasteiger partial charge in [-0.3, -0.25) is 4.79 Å². The number of quaternary nitrogens is 1. The minimum Gasteiger partial charge on any atom is -0.393 e. The molecule has 0 saturated heterocycles. The van der Waals surface area contributed by atoms with Gasteiger partial charge in [0.25, 0.3) is 0 Å². The lowest BCUT2D eigenvalue weighted by Crippen LogP contribution is -2.62. The van der Waals surface area contributed by atoms with Crippen LogP contribution in [0.1, 0.15) is 85.0 Å². The maximum Gasteiger partial charge on any atom is 0.220 e. The Hall–Kier alpha value is -0.690. The molecular weight excluding hydrogens is 452 g/mol. The second-order valence-corrected chi connectivity index (χ2v) is 14.8. The summed E-state index contributed by atoms with van der Waals surface area (Å²) in [5.74, 6) is 2.17. The Labute approximate surface area is 219 Å². The van der Waals surface area contributed by atoms with Crippen LogP contribution in [0.15, 0.2) is 0 Å². The Bertz CT molecular complexity index is 783. The van der Waals surface area contributed by atoms with E-state index >= 15 is 0 Å². The Balaban J connectivity index is 1.39. The topological polar surface area (TPSA) is 89.8 Å². The first kappa shape index (κ1) is 28.3. The van der Waals surface area contributed by atoms with Crippen LogP contribution in [0.25, 0.3) is 0 Å². The van der Waals surface area contributed by atoms with Gasteiger partial charge in [-0.2, -0.15) is 0 Å². The molecule has 0 aromatic heterocycles. The summed E-state index contributed by atoms with van der Waals surface area (Å²) >= 11 is 0. The third-order valence-electron chi connectivity index (χ3n) is 11.7. The Morgan fingerprint density at radius 1 is 1.03 bits per heavy atom. The SMILES string of the molecule is C[C@H](CCC(=O)NCCC[N+](C)(C)C)[C@H]1CCC2C3C(C[C@H](O)[C@@]21C)[C@@]1(C)CC[C@@H](O)CC1C[C@H]3O. The van der Waals surface area contributed by atoms with Gasteiger partial charge in [0.2, 0.25) is 5.91 Å². The van der Waals surface area contributed by atoms with Crippen LogP contribution in [-0.2, 0) is 4.79 Å². The van der Waals surface area contributed by atoms with E-state index in [2.05, 4.69) is 47.2 Å². The highest BCUT2D eigenvalue weighted by Gasteiger charge is 2.65. The van der Waals surface area contributed by atoms with E-state index in [1.54, 1.807) is 0 Å². The fourth-order valence-electron chi connectivity index (χ4n) is 9.56. The molecule has 4 aliphatic rings. The van der Waals surface area contributed by atoms with E-state index in [0.29, 0.717) is 36.0 Å². The maximum atomic E-state index is 12.5. The van der Waals surface area contributed by atoms with E-state index in [-0.39, 0.29) is 41.0 Å². The minimum atomic E-state index is -0.363. The largest absolute Gasteiger partial charge is 0.393 e. The molecule has 0 aliphatic heterocycles. The molecule has 4 rings (SSSR count). The standard InChI is InChI=1S/C30H54N2O4/c1-19(8-11-27(36)31-14-7-15-32(4,5)6)22-9-10-23-28-24(18-26(35)30(22,23)3)29(2)13-12-21(33)16-20(29)17-25(28)34/h19-26,28,33-35H,7-18H2,1-6H3/p+1/t19-,20?,21-,22-,23?,24?,25-,26+,28?,29+,30-/m1/s1. The smallest absolute Gasteiger partial charge is 0.220 e. The quantitative estimate of drug-likeness (QED) is 0.299. The third kappa shape index (κ3) is 5.26. The predicted octanol–water partition coefficient (Wildman–Crippen LogP) is 3.58. The summed E-state index contributed by atoms with van der Waals surface area (Å²) in [5, 5.41) is 36.6. The van der Waals surface area contributed by atoms with Crippen molar-refractivity contribution in [3.63, 3.8) is 0 Å². The van der Waals surface area contributed by atoms with Gasteiger partial charge in [-0.25, -0.2) is 0 Å². The van der Waals surface area contributed by atoms with Crippen molar-refractivity contribution in [3.8, 4) is 0 Å². The molecule has 4 N–H and O–H groups in total. The molecule has 11 atom stereocenters. The number of fused-ring (bicyclic) bond motifs is 5. The highest BCUT2D eigenvalue weighted by Crippen LogP contribution is 2.68. The van der Waals surface area contributed by atoms with Crippen molar-refractivity contribution in [3.05, 3.63) is 0 Å². The normalized spacial score (nSPS) is 45.4. The van der Waals surface area contributed by atoms with E-state index in [4.69, 9.17) is 0 Å². The van der Waals surface area contributed by atoms with Crippen molar-refractivity contribution >= 4 is 5.91 Å². The van der Waals surface area contributed by atoms with E-state index in [0.717, 1.165) is 75.4 Å². The first-order valence-electron chi connectivity index (χ1n) is 14.9. The molecule has 6 heteroatoms. The van der Waals surface area contributed by atoms with Gasteiger partial charge in [0.05, 0.1) is 46.0 Å². The second-order valence-electron chi connectivity index (χ2n) is 14.8. The van der Waals surface area contributed by atoms with Gasteiger partial charge >= 0.3 is 0 Å². The molecule has 0 radical (unpaired) electrons. The summed E-state index contributed by atoms with van der Waals surface area (Å²) in [6.07, 6.45) is 7.84. The molecule has 0 aromatic rings. The number of aliphatic hydroxyl groups excluding tert-OH is 3. The van der Waals surface area contributed by atoms with Crippen molar-refractivity contribution in [1.82, 2.24) is 5.32 Å². The Morgan fingerprint density at radius 3 is 2.44 bits per heavy atom. The van der Waals surface area contributed by atoms with Gasteiger partial charge in [0.15, 0.2) is 0 Å². The first-order valence-corrected chi connectivity index (χ1v) is 14.9. The maximum absolute atomic E-state index is 12.5. The summed E-state index contributed by atoms with van der Waals surface area (Å²) in [5.41, 5.74) is -0.0842. The van der Waals surface area contributed by atoms with Crippen molar-refractivity contribution < 1.29 is 24.6 Å². The van der Waals surface area contributed by atoms with E-state index in [1.165, 1.54) is 0 Å². The molecular formula is C30H55N2O4+. The fraction of sp³-hybridized carbons (Fsp3) is 0.967. The number of amides is 1. The lowest BCUT2D eigenvalue weighted by molar-refractivity contribution is -0.870. The Morgan fingerprint density at radius 2 is 1.75 bits per heavy atom. The summed E-state index contributed by atoms with van der Waals surface area (Å²) < 4.78 is 0.912. The van der Waals surface area contributed by atoms with Gasteiger partial charge in [0, 0.05) is 19.4 Å². The molecule has 0 bridgehead atoms. The van der Waals surface area contributed by atoms with E-state index in [9.17, 15) is 20.1 Å². The zero-order valence-electron chi connectivity index (χ0n) is 23.9. The average Bonchev–Trinajstić information content (AvgIpc) is 3.15. The van der Waals surface area contributed by atoms with Crippen LogP contribution in [0.4, 0.5) is 0 Å². The molecule has 4 fully saturated rings. The summed E-state index contributed by atoms with van der Waals surface area (Å²) in [6.45, 7) is 8.74. The summed E-state index contributed by atoms with van der Waals surface area (Å²) in [6, 6.07) is 0. The number of nitrogens with zero attached hydrogens (tertiary/aromatic N) is 1.